The summed E-state index contributed by atoms with van der Waals surface area (Å²) in [5.41, 5.74) is 4.62. The average Bonchev–Trinajstić information content (AvgIpc) is 2.67. The van der Waals surface area contributed by atoms with Crippen molar-refractivity contribution in [3.63, 3.8) is 0 Å². The first kappa shape index (κ1) is 19.1. The van der Waals surface area contributed by atoms with Gasteiger partial charge in [-0.2, -0.15) is 0 Å². The molecule has 0 aliphatic rings. The van der Waals surface area contributed by atoms with Crippen molar-refractivity contribution in [1.29, 1.82) is 0 Å². The standard InChI is InChI=1S/C22H21BrN2O2/c1-14-11-18(9-10-24-14)17-7-8-20(21(13-17)27-3)25-22(26)15(2)16-5-4-6-19(23)12-16/h4-13,15H,1-3H3,(H,25,26). The fourth-order valence-electron chi connectivity index (χ4n) is 2.87. The highest BCUT2D eigenvalue weighted by molar-refractivity contribution is 9.10. The van der Waals surface area contributed by atoms with E-state index in [0.29, 0.717) is 11.4 Å². The molecule has 1 N–H and O–H groups in total. The summed E-state index contributed by atoms with van der Waals surface area (Å²) in [6, 6.07) is 17.5. The molecule has 0 spiro atoms. The van der Waals surface area contributed by atoms with Gasteiger partial charge < -0.3 is 10.1 Å². The number of methoxy groups -OCH3 is 1. The van der Waals surface area contributed by atoms with Gasteiger partial charge in [-0.3, -0.25) is 9.78 Å². The van der Waals surface area contributed by atoms with Crippen molar-refractivity contribution in [2.75, 3.05) is 12.4 Å². The third-order valence-corrected chi connectivity index (χ3v) is 4.92. The molecule has 0 fully saturated rings. The van der Waals surface area contributed by atoms with Gasteiger partial charge in [-0.1, -0.05) is 34.1 Å². The molecule has 4 nitrogen and oxygen atoms in total. The normalized spacial score (nSPS) is 11.7. The first-order chi connectivity index (χ1) is 13.0. The summed E-state index contributed by atoms with van der Waals surface area (Å²) in [6.45, 7) is 3.84. The van der Waals surface area contributed by atoms with E-state index in [1.54, 1.807) is 13.3 Å². The number of nitrogens with zero attached hydrogens (tertiary/aromatic N) is 1. The molecular formula is C22H21BrN2O2. The van der Waals surface area contributed by atoms with Gasteiger partial charge in [0.15, 0.2) is 0 Å². The zero-order valence-electron chi connectivity index (χ0n) is 15.5. The number of aryl methyl sites for hydroxylation is 1. The number of carbonyl (C=O) groups is 1. The van der Waals surface area contributed by atoms with Crippen LogP contribution in [0, 0.1) is 6.92 Å². The maximum absolute atomic E-state index is 12.7. The second-order valence-electron chi connectivity index (χ2n) is 6.37. The Labute approximate surface area is 167 Å². The molecule has 1 atom stereocenters. The lowest BCUT2D eigenvalue weighted by molar-refractivity contribution is -0.117. The minimum absolute atomic E-state index is 0.0843. The maximum atomic E-state index is 12.7. The number of halogens is 1. The van der Waals surface area contributed by atoms with Gasteiger partial charge in [0.2, 0.25) is 5.91 Å². The summed E-state index contributed by atoms with van der Waals surface area (Å²) in [7, 11) is 1.60. The first-order valence-corrected chi connectivity index (χ1v) is 9.44. The van der Waals surface area contributed by atoms with Crippen LogP contribution >= 0.6 is 15.9 Å². The van der Waals surface area contributed by atoms with Gasteiger partial charge in [0.25, 0.3) is 0 Å². The third-order valence-electron chi connectivity index (χ3n) is 4.43. The molecule has 1 heterocycles. The molecule has 0 saturated heterocycles. The van der Waals surface area contributed by atoms with Crippen LogP contribution in [0.3, 0.4) is 0 Å². The Balaban J connectivity index is 1.83. The fraction of sp³-hybridized carbons (Fsp3) is 0.182. The molecule has 2 aromatic carbocycles. The van der Waals surface area contributed by atoms with Crippen molar-refractivity contribution in [2.45, 2.75) is 19.8 Å². The molecular weight excluding hydrogens is 404 g/mol. The number of amides is 1. The lowest BCUT2D eigenvalue weighted by Crippen LogP contribution is -2.19. The van der Waals surface area contributed by atoms with E-state index in [1.807, 2.05) is 68.4 Å². The molecule has 5 heteroatoms. The molecule has 1 amide bonds. The Morgan fingerprint density at radius 2 is 1.89 bits per heavy atom. The van der Waals surface area contributed by atoms with Crippen LogP contribution in [0.1, 0.15) is 24.1 Å². The molecule has 0 aliphatic carbocycles. The smallest absolute Gasteiger partial charge is 0.231 e. The Morgan fingerprint density at radius 1 is 1.11 bits per heavy atom. The Morgan fingerprint density at radius 3 is 2.59 bits per heavy atom. The lowest BCUT2D eigenvalue weighted by atomic mass is 10.00. The monoisotopic (exact) mass is 424 g/mol. The SMILES string of the molecule is COc1cc(-c2ccnc(C)c2)ccc1NC(=O)C(C)c1cccc(Br)c1. The number of pyridine rings is 1. The van der Waals surface area contributed by atoms with Gasteiger partial charge in [-0.25, -0.2) is 0 Å². The predicted octanol–water partition coefficient (Wildman–Crippen LogP) is 5.57. The number of benzene rings is 2. The van der Waals surface area contributed by atoms with E-state index >= 15 is 0 Å². The zero-order valence-corrected chi connectivity index (χ0v) is 17.1. The number of anilines is 1. The number of hydrogen-bond acceptors (Lipinski definition) is 3. The Hall–Kier alpha value is -2.66. The average molecular weight is 425 g/mol. The largest absolute Gasteiger partial charge is 0.495 e. The summed E-state index contributed by atoms with van der Waals surface area (Å²) < 4.78 is 6.46. The summed E-state index contributed by atoms with van der Waals surface area (Å²) in [4.78, 5) is 16.9. The molecule has 27 heavy (non-hydrogen) atoms. The second-order valence-corrected chi connectivity index (χ2v) is 7.28. The van der Waals surface area contributed by atoms with Crippen LogP contribution in [-0.2, 0) is 4.79 Å². The van der Waals surface area contributed by atoms with Gasteiger partial charge in [0.1, 0.15) is 5.75 Å². The van der Waals surface area contributed by atoms with E-state index in [9.17, 15) is 4.79 Å². The van der Waals surface area contributed by atoms with Gasteiger partial charge in [-0.15, -0.1) is 0 Å². The van der Waals surface area contributed by atoms with Crippen molar-refractivity contribution < 1.29 is 9.53 Å². The minimum Gasteiger partial charge on any atom is -0.495 e. The molecule has 1 aromatic heterocycles. The lowest BCUT2D eigenvalue weighted by Gasteiger charge is -2.16. The quantitative estimate of drug-likeness (QED) is 0.582. The number of carbonyl (C=O) groups excluding carboxylic acids is 1. The van der Waals surface area contributed by atoms with Crippen molar-refractivity contribution in [1.82, 2.24) is 4.98 Å². The molecule has 0 radical (unpaired) electrons. The van der Waals surface area contributed by atoms with E-state index in [0.717, 1.165) is 26.9 Å². The highest BCUT2D eigenvalue weighted by Crippen LogP contribution is 2.32. The molecule has 1 unspecified atom stereocenters. The van der Waals surface area contributed by atoms with Crippen molar-refractivity contribution in [3.05, 3.63) is 76.5 Å². The number of aromatic nitrogens is 1. The topological polar surface area (TPSA) is 51.2 Å². The van der Waals surface area contributed by atoms with E-state index < -0.39 is 0 Å². The fourth-order valence-corrected chi connectivity index (χ4v) is 3.28. The second kappa shape index (κ2) is 8.35. The number of ether oxygens (including phenoxy) is 1. The van der Waals surface area contributed by atoms with Crippen molar-refractivity contribution in [3.8, 4) is 16.9 Å². The summed E-state index contributed by atoms with van der Waals surface area (Å²) in [6.07, 6.45) is 1.78. The third kappa shape index (κ3) is 4.55. The van der Waals surface area contributed by atoms with Crippen LogP contribution < -0.4 is 10.1 Å². The summed E-state index contributed by atoms with van der Waals surface area (Å²) in [5.74, 6) is 0.255. The molecule has 0 bridgehead atoms. The van der Waals surface area contributed by atoms with Crippen LogP contribution in [-0.4, -0.2) is 18.0 Å². The van der Waals surface area contributed by atoms with Crippen LogP contribution in [0.4, 0.5) is 5.69 Å². The van der Waals surface area contributed by atoms with E-state index in [2.05, 4.69) is 26.2 Å². The Kier molecular flexibility index (Phi) is 5.91. The highest BCUT2D eigenvalue weighted by atomic mass is 79.9. The van der Waals surface area contributed by atoms with E-state index in [-0.39, 0.29) is 11.8 Å². The maximum Gasteiger partial charge on any atom is 0.231 e. The summed E-state index contributed by atoms with van der Waals surface area (Å²) >= 11 is 3.45. The van der Waals surface area contributed by atoms with Gasteiger partial charge in [0.05, 0.1) is 18.7 Å². The predicted molar refractivity (Wildman–Crippen MR) is 112 cm³/mol. The number of nitrogens with one attached hydrogen (secondary N) is 1. The van der Waals surface area contributed by atoms with Crippen LogP contribution in [0.25, 0.3) is 11.1 Å². The highest BCUT2D eigenvalue weighted by Gasteiger charge is 2.17. The zero-order chi connectivity index (χ0) is 19.4. The van der Waals surface area contributed by atoms with Crippen LogP contribution in [0.2, 0.25) is 0 Å². The van der Waals surface area contributed by atoms with Gasteiger partial charge in [0, 0.05) is 16.4 Å². The molecule has 0 saturated carbocycles. The van der Waals surface area contributed by atoms with Gasteiger partial charge >= 0.3 is 0 Å². The van der Waals surface area contributed by atoms with Crippen LogP contribution in [0.15, 0.2) is 65.3 Å². The van der Waals surface area contributed by atoms with Crippen molar-refractivity contribution in [2.24, 2.45) is 0 Å². The molecule has 138 valence electrons. The van der Waals surface area contributed by atoms with Crippen molar-refractivity contribution >= 4 is 27.5 Å². The molecule has 3 aromatic rings. The molecule has 0 aliphatic heterocycles. The Bertz CT molecular complexity index is 972. The number of hydrogen-bond donors (Lipinski definition) is 1. The van der Waals surface area contributed by atoms with E-state index in [4.69, 9.17) is 4.74 Å². The van der Waals surface area contributed by atoms with Crippen LogP contribution in [0.5, 0.6) is 5.75 Å². The summed E-state index contributed by atoms with van der Waals surface area (Å²) in [5, 5.41) is 2.98. The number of rotatable bonds is 5. The molecule has 3 rings (SSSR count). The first-order valence-electron chi connectivity index (χ1n) is 8.65. The van der Waals surface area contributed by atoms with Gasteiger partial charge in [-0.05, 0) is 66.9 Å². The van der Waals surface area contributed by atoms with E-state index in [1.165, 1.54) is 0 Å². The minimum atomic E-state index is -0.283.